The molecule has 1 aliphatic heterocycles. The first-order chi connectivity index (χ1) is 13.2. The summed E-state index contributed by atoms with van der Waals surface area (Å²) in [4.78, 5) is 0. The molecule has 0 radical (unpaired) electrons. The quantitative estimate of drug-likeness (QED) is 0.681. The van der Waals surface area contributed by atoms with Gasteiger partial charge in [-0.05, 0) is 44.0 Å². The Balaban J connectivity index is 1.93. The summed E-state index contributed by atoms with van der Waals surface area (Å²) in [5.41, 5.74) is 1.50. The van der Waals surface area contributed by atoms with Gasteiger partial charge in [0.05, 0.1) is 12.3 Å². The molecule has 1 unspecified atom stereocenters. The van der Waals surface area contributed by atoms with Crippen LogP contribution in [0.25, 0.3) is 0 Å². The Kier molecular flexibility index (Phi) is 6.01. The van der Waals surface area contributed by atoms with Crippen molar-refractivity contribution in [3.8, 4) is 11.5 Å². The van der Waals surface area contributed by atoms with Crippen LogP contribution < -0.4 is 9.47 Å². The molecule has 0 bridgehead atoms. The predicted octanol–water partition coefficient (Wildman–Crippen LogP) is 4.54. The Labute approximate surface area is 168 Å². The van der Waals surface area contributed by atoms with Crippen LogP contribution in [0.4, 0.5) is 0 Å². The number of hydrogen-bond acceptors (Lipinski definition) is 4. The van der Waals surface area contributed by atoms with E-state index in [2.05, 4.69) is 0 Å². The Bertz CT molecular complexity index is 909. The number of fused-ring (bicyclic) bond motifs is 1. The summed E-state index contributed by atoms with van der Waals surface area (Å²) in [5.74, 6) is 1.43. The highest BCUT2D eigenvalue weighted by molar-refractivity contribution is 7.88. The van der Waals surface area contributed by atoms with E-state index in [0.717, 1.165) is 23.3 Å². The highest BCUT2D eigenvalue weighted by Crippen LogP contribution is 2.44. The standard InChI is InChI=1S/C22H29NO4S/c1-5-13-23(28(4,24)25)20-15-22(2,3)27-21-12-11-18(14-19(20)21)26-16-17-9-7-6-8-10-17/h6-12,14,20H,5,13,15-16H2,1-4H3. The molecule has 5 nitrogen and oxygen atoms in total. The topological polar surface area (TPSA) is 55.8 Å². The van der Waals surface area contributed by atoms with Crippen molar-refractivity contribution in [2.45, 2.75) is 51.9 Å². The van der Waals surface area contributed by atoms with Crippen molar-refractivity contribution in [3.05, 3.63) is 59.7 Å². The second-order valence-corrected chi connectivity index (χ2v) is 9.86. The van der Waals surface area contributed by atoms with Crippen LogP contribution in [0, 0.1) is 0 Å². The zero-order valence-electron chi connectivity index (χ0n) is 17.0. The van der Waals surface area contributed by atoms with Gasteiger partial charge in [0, 0.05) is 18.5 Å². The Morgan fingerprint density at radius 1 is 1.18 bits per heavy atom. The van der Waals surface area contributed by atoms with Gasteiger partial charge in [-0.15, -0.1) is 0 Å². The molecule has 0 spiro atoms. The number of sulfonamides is 1. The molecule has 0 saturated carbocycles. The van der Waals surface area contributed by atoms with Crippen LogP contribution >= 0.6 is 0 Å². The molecular formula is C22H29NO4S. The second kappa shape index (κ2) is 8.13. The highest BCUT2D eigenvalue weighted by Gasteiger charge is 2.39. The smallest absolute Gasteiger partial charge is 0.211 e. The molecule has 2 aromatic rings. The lowest BCUT2D eigenvalue weighted by Crippen LogP contribution is -2.43. The molecule has 2 aromatic carbocycles. The van der Waals surface area contributed by atoms with Gasteiger partial charge in [-0.3, -0.25) is 0 Å². The van der Waals surface area contributed by atoms with Crippen molar-refractivity contribution in [1.82, 2.24) is 4.31 Å². The molecule has 152 valence electrons. The molecule has 6 heteroatoms. The molecule has 1 heterocycles. The van der Waals surface area contributed by atoms with Crippen LogP contribution in [0.15, 0.2) is 48.5 Å². The maximum Gasteiger partial charge on any atom is 0.211 e. The molecule has 0 N–H and O–H groups in total. The highest BCUT2D eigenvalue weighted by atomic mass is 32.2. The summed E-state index contributed by atoms with van der Waals surface area (Å²) in [6.45, 7) is 6.92. The molecule has 0 aromatic heterocycles. The molecule has 0 amide bonds. The van der Waals surface area contributed by atoms with Gasteiger partial charge in [0.1, 0.15) is 23.7 Å². The van der Waals surface area contributed by atoms with Gasteiger partial charge in [0.25, 0.3) is 0 Å². The third-order valence-corrected chi connectivity index (χ3v) is 6.17. The molecule has 0 fully saturated rings. The van der Waals surface area contributed by atoms with E-state index in [1.807, 2.05) is 69.3 Å². The van der Waals surface area contributed by atoms with Crippen molar-refractivity contribution >= 4 is 10.0 Å². The fourth-order valence-electron chi connectivity index (χ4n) is 3.66. The van der Waals surface area contributed by atoms with Crippen molar-refractivity contribution in [2.75, 3.05) is 12.8 Å². The number of ether oxygens (including phenoxy) is 2. The summed E-state index contributed by atoms with van der Waals surface area (Å²) >= 11 is 0. The van der Waals surface area contributed by atoms with Crippen LogP contribution in [0.3, 0.4) is 0 Å². The monoisotopic (exact) mass is 403 g/mol. The van der Waals surface area contributed by atoms with E-state index in [1.54, 1.807) is 4.31 Å². The van der Waals surface area contributed by atoms with Gasteiger partial charge in [-0.25, -0.2) is 8.42 Å². The number of nitrogens with zero attached hydrogens (tertiary/aromatic N) is 1. The summed E-state index contributed by atoms with van der Waals surface area (Å²) < 4.78 is 38.7. The first kappa shape index (κ1) is 20.7. The number of rotatable bonds is 7. The van der Waals surface area contributed by atoms with Gasteiger partial charge >= 0.3 is 0 Å². The van der Waals surface area contributed by atoms with E-state index in [1.165, 1.54) is 6.26 Å². The first-order valence-corrected chi connectivity index (χ1v) is 11.5. The van der Waals surface area contributed by atoms with Crippen molar-refractivity contribution in [1.29, 1.82) is 0 Å². The average Bonchev–Trinajstić information content (AvgIpc) is 2.63. The lowest BCUT2D eigenvalue weighted by atomic mass is 9.89. The molecule has 1 atom stereocenters. The lowest BCUT2D eigenvalue weighted by molar-refractivity contribution is 0.0501. The van der Waals surface area contributed by atoms with Crippen LogP contribution in [0.2, 0.25) is 0 Å². The summed E-state index contributed by atoms with van der Waals surface area (Å²) in [5, 5.41) is 0. The van der Waals surface area contributed by atoms with E-state index in [9.17, 15) is 8.42 Å². The molecule has 0 saturated heterocycles. The Hall–Kier alpha value is -2.05. The number of benzene rings is 2. The van der Waals surface area contributed by atoms with Gasteiger partial charge in [0.15, 0.2) is 0 Å². The molecule has 0 aliphatic carbocycles. The lowest BCUT2D eigenvalue weighted by Gasteiger charge is -2.41. The average molecular weight is 404 g/mol. The zero-order chi connectivity index (χ0) is 20.4. The largest absolute Gasteiger partial charge is 0.489 e. The molecule has 28 heavy (non-hydrogen) atoms. The zero-order valence-corrected chi connectivity index (χ0v) is 17.8. The molecule has 3 rings (SSSR count). The van der Waals surface area contributed by atoms with Crippen LogP contribution in [0.5, 0.6) is 11.5 Å². The van der Waals surface area contributed by atoms with Gasteiger partial charge < -0.3 is 9.47 Å². The number of hydrogen-bond donors (Lipinski definition) is 0. The second-order valence-electron chi connectivity index (χ2n) is 7.93. The van der Waals surface area contributed by atoms with Gasteiger partial charge in [-0.2, -0.15) is 4.31 Å². The minimum Gasteiger partial charge on any atom is -0.489 e. The fraction of sp³-hybridized carbons (Fsp3) is 0.455. The summed E-state index contributed by atoms with van der Waals surface area (Å²) in [7, 11) is -3.35. The third-order valence-electron chi connectivity index (χ3n) is 4.88. The van der Waals surface area contributed by atoms with E-state index in [4.69, 9.17) is 9.47 Å². The molecule has 1 aliphatic rings. The van der Waals surface area contributed by atoms with E-state index in [0.29, 0.717) is 25.3 Å². The SMILES string of the molecule is CCCN(C1CC(C)(C)Oc2ccc(OCc3ccccc3)cc21)S(C)(=O)=O. The van der Waals surface area contributed by atoms with Crippen molar-refractivity contribution < 1.29 is 17.9 Å². The van der Waals surface area contributed by atoms with Crippen molar-refractivity contribution in [2.24, 2.45) is 0 Å². The summed E-state index contributed by atoms with van der Waals surface area (Å²) in [6, 6.07) is 15.4. The first-order valence-electron chi connectivity index (χ1n) is 9.66. The molecular weight excluding hydrogens is 374 g/mol. The van der Waals surface area contributed by atoms with Gasteiger partial charge in [0.2, 0.25) is 10.0 Å². The van der Waals surface area contributed by atoms with E-state index >= 15 is 0 Å². The third kappa shape index (κ3) is 4.86. The minimum atomic E-state index is -3.35. The van der Waals surface area contributed by atoms with Crippen LogP contribution in [0.1, 0.15) is 50.8 Å². The van der Waals surface area contributed by atoms with E-state index in [-0.39, 0.29) is 6.04 Å². The maximum atomic E-state index is 12.5. The summed E-state index contributed by atoms with van der Waals surface area (Å²) in [6.07, 6.45) is 2.63. The van der Waals surface area contributed by atoms with Gasteiger partial charge in [-0.1, -0.05) is 37.3 Å². The Morgan fingerprint density at radius 3 is 2.54 bits per heavy atom. The maximum absolute atomic E-state index is 12.5. The van der Waals surface area contributed by atoms with Crippen LogP contribution in [-0.2, 0) is 16.6 Å². The predicted molar refractivity (Wildman–Crippen MR) is 111 cm³/mol. The van der Waals surface area contributed by atoms with Crippen LogP contribution in [-0.4, -0.2) is 31.1 Å². The Morgan fingerprint density at radius 2 is 1.89 bits per heavy atom. The fourth-order valence-corrected chi connectivity index (χ4v) is 4.82. The minimum absolute atomic E-state index is 0.269. The van der Waals surface area contributed by atoms with Crippen molar-refractivity contribution in [3.63, 3.8) is 0 Å². The normalized spacial score (nSPS) is 18.4. The van der Waals surface area contributed by atoms with E-state index < -0.39 is 15.6 Å².